The van der Waals surface area contributed by atoms with E-state index in [1.165, 1.54) is 11.3 Å². The molecule has 8 heteroatoms. The fraction of sp³-hybridized carbons (Fsp3) is 0.500. The van der Waals surface area contributed by atoms with Gasteiger partial charge in [0.05, 0.1) is 0 Å². The van der Waals surface area contributed by atoms with Crippen LogP contribution in [-0.4, -0.2) is 52.7 Å². The second-order valence-electron chi connectivity index (χ2n) is 7.30. The number of ether oxygens (including phenoxy) is 1. The van der Waals surface area contributed by atoms with E-state index in [0.717, 1.165) is 34.1 Å². The van der Waals surface area contributed by atoms with Crippen LogP contribution in [0, 0.1) is 12.8 Å². The van der Waals surface area contributed by atoms with Gasteiger partial charge in [0.15, 0.2) is 0 Å². The summed E-state index contributed by atoms with van der Waals surface area (Å²) in [5, 5.41) is 13.0. The minimum absolute atomic E-state index is 0.00908. The monoisotopic (exact) mass is 400 g/mol. The summed E-state index contributed by atoms with van der Waals surface area (Å²) in [4.78, 5) is 27.0. The highest BCUT2D eigenvalue weighted by atomic mass is 32.1. The minimum Gasteiger partial charge on any atom is -0.368 e. The van der Waals surface area contributed by atoms with Crippen LogP contribution in [0.1, 0.15) is 30.7 Å². The van der Waals surface area contributed by atoms with Crippen LogP contribution >= 0.6 is 11.3 Å². The van der Waals surface area contributed by atoms with Gasteiger partial charge in [-0.2, -0.15) is 0 Å². The topological polar surface area (TPSA) is 84.4 Å². The zero-order valence-electron chi connectivity index (χ0n) is 15.9. The number of amides is 2. The van der Waals surface area contributed by atoms with Gasteiger partial charge in [0, 0.05) is 36.9 Å². The van der Waals surface area contributed by atoms with Crippen LogP contribution in [0.3, 0.4) is 0 Å². The molecule has 7 nitrogen and oxygen atoms in total. The first kappa shape index (κ1) is 19.0. The van der Waals surface area contributed by atoms with Crippen molar-refractivity contribution in [3.05, 3.63) is 29.3 Å². The number of nitrogens with zero attached hydrogens (tertiary/aromatic N) is 3. The lowest BCUT2D eigenvalue weighted by Crippen LogP contribution is -2.45. The van der Waals surface area contributed by atoms with Crippen molar-refractivity contribution in [2.24, 2.45) is 5.92 Å². The third-order valence-electron chi connectivity index (χ3n) is 5.29. The molecule has 1 N–H and O–H groups in total. The van der Waals surface area contributed by atoms with Crippen molar-refractivity contribution in [3.8, 4) is 10.6 Å². The van der Waals surface area contributed by atoms with Gasteiger partial charge in [-0.3, -0.25) is 9.59 Å². The van der Waals surface area contributed by atoms with Crippen molar-refractivity contribution in [1.82, 2.24) is 15.1 Å². The van der Waals surface area contributed by atoms with Gasteiger partial charge in [-0.25, -0.2) is 0 Å². The zero-order chi connectivity index (χ0) is 19.5. The Morgan fingerprint density at radius 2 is 2.04 bits per heavy atom. The predicted octanol–water partition coefficient (Wildman–Crippen LogP) is 2.87. The summed E-state index contributed by atoms with van der Waals surface area (Å²) in [6.07, 6.45) is 2.84. The van der Waals surface area contributed by atoms with E-state index in [2.05, 4.69) is 15.5 Å². The molecule has 0 bridgehead atoms. The number of anilines is 1. The first-order chi connectivity index (χ1) is 13.6. The lowest BCUT2D eigenvalue weighted by Gasteiger charge is -2.32. The van der Waals surface area contributed by atoms with Gasteiger partial charge in [-0.05, 0) is 44.7 Å². The highest BCUT2D eigenvalue weighted by Crippen LogP contribution is 2.27. The number of hydrogen-bond acceptors (Lipinski definition) is 6. The molecule has 0 radical (unpaired) electrons. The molecule has 2 aromatic rings. The molecule has 2 aliphatic rings. The Kier molecular flexibility index (Phi) is 5.68. The SMILES string of the molecule is Cc1nnc(-c2cccc(NC(=O)C3CCN(C(=O)[C@H]4CCCO4)CC3)c2)s1. The lowest BCUT2D eigenvalue weighted by atomic mass is 9.95. The van der Waals surface area contributed by atoms with E-state index in [9.17, 15) is 9.59 Å². The summed E-state index contributed by atoms with van der Waals surface area (Å²) < 4.78 is 5.49. The Bertz CT molecular complexity index is 855. The van der Waals surface area contributed by atoms with E-state index >= 15 is 0 Å². The molecule has 1 atom stereocenters. The summed E-state index contributed by atoms with van der Waals surface area (Å²) in [6, 6.07) is 7.68. The summed E-state index contributed by atoms with van der Waals surface area (Å²) in [5.74, 6) is 0.00666. The highest BCUT2D eigenvalue weighted by molar-refractivity contribution is 7.14. The lowest BCUT2D eigenvalue weighted by molar-refractivity contribution is -0.143. The maximum Gasteiger partial charge on any atom is 0.251 e. The van der Waals surface area contributed by atoms with E-state index in [1.807, 2.05) is 36.1 Å². The minimum atomic E-state index is -0.280. The molecular weight excluding hydrogens is 376 g/mol. The van der Waals surface area contributed by atoms with Crippen LogP contribution in [0.25, 0.3) is 10.6 Å². The molecule has 0 spiro atoms. The molecular formula is C20H24N4O3S. The van der Waals surface area contributed by atoms with Crippen LogP contribution in [-0.2, 0) is 14.3 Å². The third-order valence-corrected chi connectivity index (χ3v) is 6.17. The van der Waals surface area contributed by atoms with Gasteiger partial charge in [0.25, 0.3) is 5.91 Å². The molecule has 1 aromatic heterocycles. The van der Waals surface area contributed by atoms with Gasteiger partial charge >= 0.3 is 0 Å². The molecule has 0 unspecified atom stereocenters. The maximum absolute atomic E-state index is 12.7. The molecule has 2 aliphatic heterocycles. The predicted molar refractivity (Wildman–Crippen MR) is 107 cm³/mol. The van der Waals surface area contributed by atoms with Crippen molar-refractivity contribution >= 4 is 28.8 Å². The number of likely N-dealkylation sites (tertiary alicyclic amines) is 1. The Balaban J connectivity index is 1.33. The fourth-order valence-electron chi connectivity index (χ4n) is 3.73. The highest BCUT2D eigenvalue weighted by Gasteiger charge is 2.32. The van der Waals surface area contributed by atoms with Crippen molar-refractivity contribution in [2.45, 2.75) is 38.7 Å². The van der Waals surface area contributed by atoms with Crippen LogP contribution in [0.15, 0.2) is 24.3 Å². The Morgan fingerprint density at radius 1 is 1.21 bits per heavy atom. The molecule has 2 saturated heterocycles. The molecule has 3 heterocycles. The zero-order valence-corrected chi connectivity index (χ0v) is 16.7. The van der Waals surface area contributed by atoms with Crippen molar-refractivity contribution in [1.29, 1.82) is 0 Å². The largest absolute Gasteiger partial charge is 0.368 e. The van der Waals surface area contributed by atoms with Crippen LogP contribution in [0.4, 0.5) is 5.69 Å². The summed E-state index contributed by atoms with van der Waals surface area (Å²) >= 11 is 1.53. The van der Waals surface area contributed by atoms with Crippen molar-refractivity contribution in [3.63, 3.8) is 0 Å². The number of aryl methyl sites for hydroxylation is 1. The molecule has 4 rings (SSSR count). The third kappa shape index (κ3) is 4.23. The van der Waals surface area contributed by atoms with Crippen molar-refractivity contribution in [2.75, 3.05) is 25.0 Å². The van der Waals surface area contributed by atoms with Gasteiger partial charge in [0.1, 0.15) is 16.1 Å². The number of hydrogen-bond donors (Lipinski definition) is 1. The van der Waals surface area contributed by atoms with Crippen LogP contribution in [0.2, 0.25) is 0 Å². The standard InChI is InChI=1S/C20H24N4O3S/c1-13-22-23-19(28-13)15-4-2-5-16(12-15)21-18(25)14-7-9-24(10-8-14)20(26)17-6-3-11-27-17/h2,4-5,12,14,17H,3,6-11H2,1H3,(H,21,25)/t17-/m1/s1. The van der Waals surface area contributed by atoms with Gasteiger partial charge in [0.2, 0.25) is 5.91 Å². The summed E-state index contributed by atoms with van der Waals surface area (Å²) in [6.45, 7) is 3.81. The second-order valence-corrected chi connectivity index (χ2v) is 8.48. The average Bonchev–Trinajstić information content (AvgIpc) is 3.40. The van der Waals surface area contributed by atoms with E-state index in [4.69, 9.17) is 4.74 Å². The maximum atomic E-state index is 12.7. The Hall–Kier alpha value is -2.32. The molecule has 148 valence electrons. The smallest absolute Gasteiger partial charge is 0.251 e. The number of carbonyl (C=O) groups is 2. The van der Waals surface area contributed by atoms with Gasteiger partial charge in [-0.1, -0.05) is 23.5 Å². The number of aromatic nitrogens is 2. The van der Waals surface area contributed by atoms with Crippen molar-refractivity contribution < 1.29 is 14.3 Å². The Morgan fingerprint density at radius 3 is 2.71 bits per heavy atom. The van der Waals surface area contributed by atoms with Gasteiger partial charge < -0.3 is 15.0 Å². The second kappa shape index (κ2) is 8.36. The molecule has 1 aromatic carbocycles. The first-order valence-electron chi connectivity index (χ1n) is 9.72. The van der Waals surface area contributed by atoms with Gasteiger partial charge in [-0.15, -0.1) is 10.2 Å². The summed E-state index contributed by atoms with van der Waals surface area (Å²) in [7, 11) is 0. The quantitative estimate of drug-likeness (QED) is 0.853. The fourth-order valence-corrected chi connectivity index (χ4v) is 4.41. The number of carbonyl (C=O) groups excluding carboxylic acids is 2. The summed E-state index contributed by atoms with van der Waals surface area (Å²) in [5.41, 5.74) is 1.70. The Labute approximate surface area is 168 Å². The number of nitrogens with one attached hydrogen (secondary N) is 1. The first-order valence-corrected chi connectivity index (χ1v) is 10.5. The average molecular weight is 401 g/mol. The molecule has 0 saturated carbocycles. The molecule has 0 aliphatic carbocycles. The van der Waals surface area contributed by atoms with Crippen LogP contribution in [0.5, 0.6) is 0 Å². The van der Waals surface area contributed by atoms with E-state index in [-0.39, 0.29) is 23.8 Å². The number of benzene rings is 1. The molecule has 2 fully saturated rings. The van der Waals surface area contributed by atoms with E-state index in [0.29, 0.717) is 32.5 Å². The van der Waals surface area contributed by atoms with E-state index in [1.54, 1.807) is 0 Å². The van der Waals surface area contributed by atoms with Crippen LogP contribution < -0.4 is 5.32 Å². The number of piperidine rings is 1. The van der Waals surface area contributed by atoms with E-state index < -0.39 is 0 Å². The molecule has 28 heavy (non-hydrogen) atoms. The molecule has 2 amide bonds. The number of rotatable bonds is 4. The normalized spacial score (nSPS) is 20.3.